The van der Waals surface area contributed by atoms with Crippen molar-refractivity contribution in [2.45, 2.75) is 51.7 Å². The van der Waals surface area contributed by atoms with Crippen LogP contribution in [0, 0.1) is 5.82 Å². The second-order valence-electron chi connectivity index (χ2n) is 7.53. The zero-order valence-electron chi connectivity index (χ0n) is 14.8. The Balaban J connectivity index is 1.95. The molecule has 0 saturated carbocycles. The summed E-state index contributed by atoms with van der Waals surface area (Å²) in [5, 5.41) is 2.39. The molecule has 23 heavy (non-hydrogen) atoms. The van der Waals surface area contributed by atoms with Crippen LogP contribution in [0.1, 0.15) is 36.8 Å². The van der Waals surface area contributed by atoms with Crippen LogP contribution < -0.4 is 0 Å². The molecule has 0 aliphatic carbocycles. The van der Waals surface area contributed by atoms with E-state index in [4.69, 9.17) is 4.43 Å². The quantitative estimate of drug-likeness (QED) is 0.577. The van der Waals surface area contributed by atoms with E-state index in [1.165, 1.54) is 22.6 Å². The van der Waals surface area contributed by atoms with Crippen molar-refractivity contribution in [3.8, 4) is 0 Å². The molecule has 1 heterocycles. The molecule has 0 bridgehead atoms. The van der Waals surface area contributed by atoms with Crippen molar-refractivity contribution in [1.29, 1.82) is 0 Å². The van der Waals surface area contributed by atoms with E-state index >= 15 is 0 Å². The lowest BCUT2D eigenvalue weighted by Gasteiger charge is -2.36. The van der Waals surface area contributed by atoms with Crippen LogP contribution in [0.15, 0.2) is 35.7 Å². The highest BCUT2D eigenvalue weighted by Gasteiger charge is 2.36. The molecule has 1 nitrogen and oxygen atoms in total. The van der Waals surface area contributed by atoms with Crippen molar-refractivity contribution in [3.05, 3.63) is 57.5 Å². The van der Waals surface area contributed by atoms with Crippen LogP contribution in [0.4, 0.5) is 4.39 Å². The highest BCUT2D eigenvalue weighted by molar-refractivity contribution is 7.10. The monoisotopic (exact) mass is 350 g/mol. The molecule has 0 saturated heterocycles. The maximum absolute atomic E-state index is 13.0. The molecule has 0 aliphatic rings. The second-order valence-corrected chi connectivity index (χ2v) is 13.3. The van der Waals surface area contributed by atoms with Crippen LogP contribution in [0.3, 0.4) is 0 Å². The Labute approximate surface area is 144 Å². The summed E-state index contributed by atoms with van der Waals surface area (Å²) >= 11 is 1.77. The van der Waals surface area contributed by atoms with Crippen LogP contribution in [-0.4, -0.2) is 14.9 Å². The van der Waals surface area contributed by atoms with Crippen molar-refractivity contribution in [3.63, 3.8) is 0 Å². The fraction of sp³-hybridized carbons (Fsp3) is 0.474. The molecule has 126 valence electrons. The summed E-state index contributed by atoms with van der Waals surface area (Å²) in [5.74, 6) is -0.178. The van der Waals surface area contributed by atoms with Gasteiger partial charge in [0.2, 0.25) is 0 Å². The summed E-state index contributed by atoms with van der Waals surface area (Å²) in [7, 11) is -1.67. The zero-order valence-corrected chi connectivity index (χ0v) is 16.6. The van der Waals surface area contributed by atoms with Gasteiger partial charge in [0, 0.05) is 17.9 Å². The second kappa shape index (κ2) is 7.28. The van der Waals surface area contributed by atoms with Gasteiger partial charge in [-0.15, -0.1) is 11.3 Å². The molecule has 2 rings (SSSR count). The summed E-state index contributed by atoms with van der Waals surface area (Å²) in [5.41, 5.74) is 2.51. The third-order valence-electron chi connectivity index (χ3n) is 4.76. The Morgan fingerprint density at radius 1 is 1.09 bits per heavy atom. The first-order chi connectivity index (χ1) is 10.7. The fourth-order valence-corrected chi connectivity index (χ4v) is 4.18. The lowest BCUT2D eigenvalue weighted by molar-refractivity contribution is 0.292. The minimum absolute atomic E-state index is 0.178. The van der Waals surface area contributed by atoms with E-state index in [0.717, 1.165) is 25.0 Å². The van der Waals surface area contributed by atoms with Crippen molar-refractivity contribution in [1.82, 2.24) is 0 Å². The summed E-state index contributed by atoms with van der Waals surface area (Å²) in [6.07, 6.45) is 1.82. The van der Waals surface area contributed by atoms with E-state index in [0.29, 0.717) is 0 Å². The van der Waals surface area contributed by atoms with Crippen molar-refractivity contribution < 1.29 is 8.82 Å². The van der Waals surface area contributed by atoms with Gasteiger partial charge in [0.25, 0.3) is 0 Å². The van der Waals surface area contributed by atoms with Crippen LogP contribution >= 0.6 is 11.3 Å². The average molecular weight is 351 g/mol. The Kier molecular flexibility index (Phi) is 5.82. The third kappa shape index (κ3) is 5.00. The number of rotatable bonds is 6. The lowest BCUT2D eigenvalue weighted by atomic mass is 10.1. The van der Waals surface area contributed by atoms with Gasteiger partial charge in [0.1, 0.15) is 5.82 Å². The maximum Gasteiger partial charge on any atom is 0.191 e. The van der Waals surface area contributed by atoms with Gasteiger partial charge in [-0.3, -0.25) is 0 Å². The van der Waals surface area contributed by atoms with Gasteiger partial charge in [-0.05, 0) is 59.3 Å². The third-order valence-corrected chi connectivity index (χ3v) is 10.3. The molecule has 2 aromatic rings. The normalized spacial score (nSPS) is 12.6. The Morgan fingerprint density at radius 2 is 1.74 bits per heavy atom. The van der Waals surface area contributed by atoms with E-state index in [1.807, 2.05) is 12.1 Å². The molecule has 4 heteroatoms. The van der Waals surface area contributed by atoms with Crippen molar-refractivity contribution >= 4 is 19.7 Å². The predicted molar refractivity (Wildman–Crippen MR) is 100 cm³/mol. The van der Waals surface area contributed by atoms with Gasteiger partial charge in [-0.25, -0.2) is 4.39 Å². The molecule has 0 amide bonds. The first-order valence-corrected chi connectivity index (χ1v) is 11.9. The van der Waals surface area contributed by atoms with Crippen molar-refractivity contribution in [2.24, 2.45) is 0 Å². The predicted octanol–water partition coefficient (Wildman–Crippen LogP) is 6.04. The van der Waals surface area contributed by atoms with Gasteiger partial charge in [-0.1, -0.05) is 32.9 Å². The lowest BCUT2D eigenvalue weighted by Crippen LogP contribution is -2.41. The molecule has 1 aromatic carbocycles. The molecule has 0 unspecified atom stereocenters. The highest BCUT2D eigenvalue weighted by Crippen LogP contribution is 2.36. The van der Waals surface area contributed by atoms with Crippen LogP contribution in [0.2, 0.25) is 18.1 Å². The average Bonchev–Trinajstić information content (AvgIpc) is 2.87. The molecule has 0 spiro atoms. The largest absolute Gasteiger partial charge is 0.416 e. The molecule has 0 radical (unpaired) electrons. The smallest absolute Gasteiger partial charge is 0.191 e. The summed E-state index contributed by atoms with van der Waals surface area (Å²) < 4.78 is 19.3. The minimum atomic E-state index is -1.67. The molecule has 0 atom stereocenters. The molecular weight excluding hydrogens is 323 g/mol. The standard InChI is InChI=1S/C19H27FOSSi/c1-19(2,3)23(4,5)21-12-10-16-11-13-22-18(16)14-15-6-8-17(20)9-7-15/h6-9,11,13H,10,12,14H2,1-5H3. The van der Waals surface area contributed by atoms with E-state index in [9.17, 15) is 4.39 Å². The topological polar surface area (TPSA) is 9.23 Å². The number of hydrogen-bond acceptors (Lipinski definition) is 2. The van der Waals surface area contributed by atoms with E-state index in [2.05, 4.69) is 45.3 Å². The van der Waals surface area contributed by atoms with Gasteiger partial charge in [-0.2, -0.15) is 0 Å². The molecular formula is C19H27FOSSi. The SMILES string of the molecule is CC(C)(C)[Si](C)(C)OCCc1ccsc1Cc1ccc(F)cc1. The van der Waals surface area contributed by atoms with Gasteiger partial charge in [0.15, 0.2) is 8.32 Å². The molecule has 0 aliphatic heterocycles. The summed E-state index contributed by atoms with van der Waals surface area (Å²) in [4.78, 5) is 1.36. The summed E-state index contributed by atoms with van der Waals surface area (Å²) in [6.45, 7) is 12.2. The van der Waals surface area contributed by atoms with E-state index < -0.39 is 8.32 Å². The van der Waals surface area contributed by atoms with Crippen LogP contribution in [0.5, 0.6) is 0 Å². The zero-order chi connectivity index (χ0) is 17.1. The minimum Gasteiger partial charge on any atom is -0.416 e. The highest BCUT2D eigenvalue weighted by atomic mass is 32.1. The van der Waals surface area contributed by atoms with Crippen LogP contribution in [-0.2, 0) is 17.3 Å². The Hall–Kier alpha value is -0.973. The van der Waals surface area contributed by atoms with Gasteiger partial charge >= 0.3 is 0 Å². The van der Waals surface area contributed by atoms with E-state index in [-0.39, 0.29) is 10.9 Å². The molecule has 1 aromatic heterocycles. The van der Waals surface area contributed by atoms with Crippen LogP contribution in [0.25, 0.3) is 0 Å². The van der Waals surface area contributed by atoms with Gasteiger partial charge < -0.3 is 4.43 Å². The first kappa shape index (κ1) is 18.4. The number of thiophene rings is 1. The molecule has 0 N–H and O–H groups in total. The fourth-order valence-electron chi connectivity index (χ4n) is 2.17. The Morgan fingerprint density at radius 3 is 2.35 bits per heavy atom. The maximum atomic E-state index is 13.0. The van der Waals surface area contributed by atoms with Crippen molar-refractivity contribution in [2.75, 3.05) is 6.61 Å². The number of halogens is 1. The van der Waals surface area contributed by atoms with E-state index in [1.54, 1.807) is 11.3 Å². The number of hydrogen-bond donors (Lipinski definition) is 0. The molecule has 0 fully saturated rings. The number of benzene rings is 1. The Bertz CT molecular complexity index is 626. The first-order valence-electron chi connectivity index (χ1n) is 8.13. The summed E-state index contributed by atoms with van der Waals surface area (Å²) in [6, 6.07) is 8.99. The van der Waals surface area contributed by atoms with Gasteiger partial charge in [0.05, 0.1) is 0 Å².